The Morgan fingerprint density at radius 1 is 1.56 bits per heavy atom. The fourth-order valence-corrected chi connectivity index (χ4v) is 1.41. The number of nitrogens with one attached hydrogen (secondary N) is 2. The topological polar surface area (TPSA) is 78.6 Å². The minimum Gasteiger partial charge on any atom is -0.384 e. The van der Waals surface area contributed by atoms with Crippen LogP contribution >= 0.6 is 0 Å². The number of amidine groups is 1. The second-order valence-electron chi connectivity index (χ2n) is 3.22. The molecule has 0 saturated carbocycles. The first-order valence-corrected chi connectivity index (χ1v) is 4.29. The van der Waals surface area contributed by atoms with Crippen molar-refractivity contribution >= 4 is 16.9 Å². The molecule has 2 aromatic heterocycles. The van der Waals surface area contributed by atoms with E-state index in [1.165, 1.54) is 12.3 Å². The van der Waals surface area contributed by atoms with Gasteiger partial charge in [-0.1, -0.05) is 0 Å². The smallest absolute Gasteiger partial charge is 0.384 e. The fraction of sp³-hybridized carbons (Fsp3) is 0.111. The van der Waals surface area contributed by atoms with Crippen molar-refractivity contribution in [2.75, 3.05) is 0 Å². The Balaban J connectivity index is -0.0000000194. The number of aromatic amines is 1. The molecular formula is C9H43F3N4. The zero-order chi connectivity index (χ0) is 47.9. The highest BCUT2D eigenvalue weighted by Gasteiger charge is 2.33. The van der Waals surface area contributed by atoms with Crippen LogP contribution < -0.4 is 5.73 Å². The van der Waals surface area contributed by atoms with Crippen LogP contribution in [0.5, 0.6) is 0 Å². The second-order valence-corrected chi connectivity index (χ2v) is 3.22. The minimum absolute atomic E-state index is 0.0695. The van der Waals surface area contributed by atoms with Gasteiger partial charge in [0.05, 0.1) is 0 Å². The van der Waals surface area contributed by atoms with Gasteiger partial charge in [0, 0.05) is 70.6 Å². The third-order valence-corrected chi connectivity index (χ3v) is 2.13. The van der Waals surface area contributed by atoms with Crippen LogP contribution in [-0.4, -0.2) is 15.8 Å². The number of nitrogen functional groups attached to an aromatic ring is 1. The van der Waals surface area contributed by atoms with Gasteiger partial charge in [-0.05, 0) is 12.1 Å². The molecule has 0 aromatic carbocycles. The van der Waals surface area contributed by atoms with Crippen LogP contribution in [0.25, 0.3) is 11.0 Å². The molecule has 0 aliphatic rings. The van der Waals surface area contributed by atoms with E-state index in [1.807, 2.05) is 0 Å². The molecule has 2 aromatic rings. The Bertz CT molecular complexity index is 602. The van der Waals surface area contributed by atoms with Crippen LogP contribution in [0.3, 0.4) is 0 Å². The summed E-state index contributed by atoms with van der Waals surface area (Å²) in [5.41, 5.74) is 4.66. The van der Waals surface area contributed by atoms with Gasteiger partial charge in [-0.15, -0.1) is 0 Å². The summed E-state index contributed by atoms with van der Waals surface area (Å²) < 4.78 is 217. The van der Waals surface area contributed by atoms with Crippen molar-refractivity contribution in [3.8, 4) is 0 Å². The number of rotatable bonds is 1. The number of halogens is 3. The molecule has 0 unspecified atom stereocenters. The van der Waals surface area contributed by atoms with Crippen molar-refractivity contribution in [1.29, 1.82) is 5.41 Å². The highest BCUT2D eigenvalue weighted by atomic mass is 19.4. The third-order valence-electron chi connectivity index (χ3n) is 2.13. The van der Waals surface area contributed by atoms with E-state index in [0.717, 1.165) is 6.07 Å². The lowest BCUT2D eigenvalue weighted by atomic mass is 10.1. The van der Waals surface area contributed by atoms with Gasteiger partial charge in [-0.25, -0.2) is 4.98 Å². The highest BCUT2D eigenvalue weighted by molar-refractivity contribution is 6.06. The van der Waals surface area contributed by atoms with Gasteiger partial charge in [0.1, 0.15) is 17.2 Å². The maximum atomic E-state index is 12.4. The molecule has 16 heavy (non-hydrogen) atoms. The second kappa shape index (κ2) is 3.22. The van der Waals surface area contributed by atoms with Crippen LogP contribution in [0, 0.1) is 5.41 Å². The van der Waals surface area contributed by atoms with Crippen molar-refractivity contribution in [3.63, 3.8) is 0 Å². The predicted molar refractivity (Wildman–Crippen MR) is 90.2 cm³/mol. The zero-order valence-electron chi connectivity index (χ0n) is 43.9. The Kier molecular flexibility index (Phi) is 0.434. The molecule has 4 nitrogen and oxygen atoms in total. The van der Waals surface area contributed by atoms with Crippen LogP contribution in [0.15, 0.2) is 18.3 Å². The quantitative estimate of drug-likeness (QED) is 0.427. The first-order valence-electron chi connectivity index (χ1n) is 22.3. The molecule has 0 atom stereocenters. The lowest BCUT2D eigenvalue weighted by Crippen LogP contribution is -2.11. The summed E-state index contributed by atoms with van der Waals surface area (Å²) in [5, 5.41) is 7.43. The summed E-state index contributed by atoms with van der Waals surface area (Å²) in [4.78, 5) is 5.89. The minimum atomic E-state index is -4.46. The number of nitrogens with two attached hydrogens (primary N) is 1. The first kappa shape index (κ1) is 2.15. The maximum Gasteiger partial charge on any atom is 0.431 e. The molecule has 7 heteroatoms. The number of alkyl halides is 3. The van der Waals surface area contributed by atoms with Crippen molar-refractivity contribution in [2.45, 2.75) is 6.18 Å². The lowest BCUT2D eigenvalue weighted by Gasteiger charge is -2.00. The average molecular weight is 301 g/mol. The molecule has 0 saturated heterocycles. The van der Waals surface area contributed by atoms with E-state index < -0.39 is 11.9 Å². The fourth-order valence-electron chi connectivity index (χ4n) is 1.41. The molecule has 0 aliphatic carbocycles. The van der Waals surface area contributed by atoms with Gasteiger partial charge >= 0.3 is 6.18 Å². The van der Waals surface area contributed by atoms with E-state index in [1.54, 1.807) is 0 Å². The van der Waals surface area contributed by atoms with Crippen molar-refractivity contribution in [1.82, 2.24) is 9.97 Å². The van der Waals surface area contributed by atoms with E-state index in [0.29, 0.717) is 0 Å². The summed E-state index contributed by atoms with van der Waals surface area (Å²) in [5.74, 6) is -0.292. The summed E-state index contributed by atoms with van der Waals surface area (Å²) >= 11 is 0. The Morgan fingerprint density at radius 2 is 2.25 bits per heavy atom. The summed E-state index contributed by atoms with van der Waals surface area (Å²) in [7, 11) is 0. The van der Waals surface area contributed by atoms with E-state index in [2.05, 4.69) is 9.97 Å². The van der Waals surface area contributed by atoms with Crippen molar-refractivity contribution in [2.24, 2.45) is 5.73 Å². The largest absolute Gasteiger partial charge is 0.431 e. The number of hydrogen-bond acceptors (Lipinski definition) is 2. The Labute approximate surface area is 143 Å². The highest BCUT2D eigenvalue weighted by Crippen LogP contribution is 2.31. The van der Waals surface area contributed by atoms with Crippen molar-refractivity contribution < 1.29 is 66.6 Å². The van der Waals surface area contributed by atoms with Gasteiger partial charge in [-0.3, -0.25) is 5.41 Å². The van der Waals surface area contributed by atoms with Gasteiger partial charge < -0.3 is 10.7 Å². The van der Waals surface area contributed by atoms with E-state index in [9.17, 15) is 13.2 Å². The van der Waals surface area contributed by atoms with Crippen molar-refractivity contribution in [3.05, 3.63) is 29.6 Å². The number of pyridine rings is 1. The Hall–Kier alpha value is -2.05. The standard InChI is InChI=1S/C9H7F3N4.18H2/c10-9(11,12)6-3-5-4(7(13)14)1-2-15-8(5)16-6;;;;;;;;;;;;;;;;;;/h1-3H,(H3,13,14)(H,15,16);18*1H/i;18*1+1D. The monoisotopic (exact) mass is 301 g/mol. The van der Waals surface area contributed by atoms with Crippen LogP contribution in [0.1, 0.15) is 64.7 Å². The maximum absolute atomic E-state index is 12.4. The summed E-state index contributed by atoms with van der Waals surface area (Å²) in [6, 6.07) is 2.30. The zero-order valence-corrected chi connectivity index (χ0v) is 7.89. The number of fused-ring (bicyclic) bond motifs is 1. The number of nitrogens with zero attached hydrogens (tertiary/aromatic N) is 1. The molecule has 0 spiro atoms. The predicted octanol–water partition coefficient (Wildman–Crippen LogP) is 6.29. The van der Waals surface area contributed by atoms with Gasteiger partial charge in [0.2, 0.25) is 0 Å². The number of aromatic nitrogens is 2. The summed E-state index contributed by atoms with van der Waals surface area (Å²) in [6.45, 7) is 0. The average Bonchev–Trinajstić information content (AvgIpc) is 3.77. The van der Waals surface area contributed by atoms with E-state index in [-0.39, 0.29) is 22.4 Å². The molecule has 0 aliphatic heterocycles. The lowest BCUT2D eigenvalue weighted by molar-refractivity contribution is -0.140. The molecule has 0 radical (unpaired) electrons. The molecule has 0 bridgehead atoms. The first-order chi connectivity index (χ1) is 25.4. The molecule has 4 N–H and O–H groups in total. The van der Waals surface area contributed by atoms with E-state index >= 15 is 0 Å². The van der Waals surface area contributed by atoms with Gasteiger partial charge in [0.25, 0.3) is 0 Å². The third kappa shape index (κ3) is 1.60. The van der Waals surface area contributed by atoms with Crippen LogP contribution in [0.4, 0.5) is 13.2 Å². The SMILES string of the molecule is N=C(N)c1ccnc2[nH]c(C(F)(F)F)cc12.[2H][2H].[2H][2H].[2H][2H].[2H][2H].[2H][2H].[2H][2H].[2H][2H].[2H][2H].[2H][2H].[2H][2H].[2H][2H].[2H][2H].[2H][2H].[2H][2H].[2H][2H].[2H][2H].[2H][2H].[2H][2H]. The summed E-state index contributed by atoms with van der Waals surface area (Å²) in [6.07, 6.45) is -3.16. The molecular weight excluding hydrogens is 221 g/mol. The number of H-pyrrole nitrogens is 1. The molecule has 2 heterocycles. The van der Waals surface area contributed by atoms with Gasteiger partial charge in [0.15, 0.2) is 0 Å². The Morgan fingerprint density at radius 3 is 2.81 bits per heavy atom. The van der Waals surface area contributed by atoms with Crippen LogP contribution in [-0.2, 0) is 6.18 Å². The molecule has 120 valence electrons. The van der Waals surface area contributed by atoms with Gasteiger partial charge in [-0.2, -0.15) is 13.2 Å². The molecule has 0 fully saturated rings. The normalized spacial score (nSPS) is 20.9. The van der Waals surface area contributed by atoms with Crippen LogP contribution in [0.2, 0.25) is 0 Å². The molecule has 2 rings (SSSR count). The number of hydrogen-bond donors (Lipinski definition) is 3. The van der Waals surface area contributed by atoms with E-state index in [4.69, 9.17) is 64.6 Å². The molecule has 0 amide bonds.